The molecule has 0 aromatic heterocycles. The zero-order valence-corrected chi connectivity index (χ0v) is 10.6. The Labute approximate surface area is 107 Å². The summed E-state index contributed by atoms with van der Waals surface area (Å²) in [7, 11) is 2.13. The van der Waals surface area contributed by atoms with Gasteiger partial charge >= 0.3 is 0 Å². The average molecular weight is 247 g/mol. The lowest BCUT2D eigenvalue weighted by atomic mass is 10.1. The minimum absolute atomic E-state index is 0.301. The molecule has 1 aliphatic heterocycles. The van der Waals surface area contributed by atoms with E-state index in [1.807, 2.05) is 6.07 Å². The van der Waals surface area contributed by atoms with Crippen LogP contribution < -0.4 is 5.32 Å². The second-order valence-electron chi connectivity index (χ2n) is 4.97. The molecule has 0 aliphatic carbocycles. The van der Waals surface area contributed by atoms with Crippen LogP contribution >= 0.6 is 0 Å². The Morgan fingerprint density at radius 3 is 3.00 bits per heavy atom. The third-order valence-electron chi connectivity index (χ3n) is 3.42. The molecule has 2 rings (SSSR count). The van der Waals surface area contributed by atoms with E-state index in [0.717, 1.165) is 19.6 Å². The first-order valence-electron chi connectivity index (χ1n) is 6.27. The van der Waals surface area contributed by atoms with Crippen molar-refractivity contribution in [3.8, 4) is 6.07 Å². The molecule has 0 spiro atoms. The Morgan fingerprint density at radius 2 is 2.39 bits per heavy atom. The fourth-order valence-electron chi connectivity index (χ4n) is 2.36. The maximum absolute atomic E-state index is 13.6. The van der Waals surface area contributed by atoms with Gasteiger partial charge in [-0.25, -0.2) is 4.39 Å². The molecule has 1 heterocycles. The number of benzene rings is 1. The van der Waals surface area contributed by atoms with Crippen LogP contribution in [0, 0.1) is 23.1 Å². The molecular weight excluding hydrogens is 229 g/mol. The molecule has 1 unspecified atom stereocenters. The number of nitrogens with one attached hydrogen (secondary N) is 1. The molecule has 1 atom stereocenters. The molecule has 1 fully saturated rings. The van der Waals surface area contributed by atoms with E-state index in [2.05, 4.69) is 17.3 Å². The molecule has 1 aromatic carbocycles. The lowest BCUT2D eigenvalue weighted by Gasteiger charge is -2.12. The standard InChI is InChI=1S/C14H18FN3/c1-18-5-4-12(10-18)8-17-9-13-3-2-11(7-16)6-14(13)15/h2-3,6,12,17H,4-5,8-10H2,1H3. The van der Waals surface area contributed by atoms with Crippen molar-refractivity contribution in [1.29, 1.82) is 5.26 Å². The molecule has 96 valence electrons. The summed E-state index contributed by atoms with van der Waals surface area (Å²) in [5.41, 5.74) is 0.994. The van der Waals surface area contributed by atoms with Crippen LogP contribution in [0.4, 0.5) is 4.39 Å². The molecule has 18 heavy (non-hydrogen) atoms. The third kappa shape index (κ3) is 3.28. The molecule has 0 radical (unpaired) electrons. The quantitative estimate of drug-likeness (QED) is 0.881. The molecular formula is C14H18FN3. The number of nitrogens with zero attached hydrogens (tertiary/aromatic N) is 2. The highest BCUT2D eigenvalue weighted by molar-refractivity contribution is 5.32. The van der Waals surface area contributed by atoms with Gasteiger partial charge in [0.1, 0.15) is 5.82 Å². The fraction of sp³-hybridized carbons (Fsp3) is 0.500. The van der Waals surface area contributed by atoms with Gasteiger partial charge in [-0.1, -0.05) is 6.07 Å². The third-order valence-corrected chi connectivity index (χ3v) is 3.42. The van der Waals surface area contributed by atoms with E-state index in [0.29, 0.717) is 23.6 Å². The van der Waals surface area contributed by atoms with Crippen LogP contribution in [0.25, 0.3) is 0 Å². The van der Waals surface area contributed by atoms with Crippen molar-refractivity contribution in [1.82, 2.24) is 10.2 Å². The summed E-state index contributed by atoms with van der Waals surface area (Å²) in [6, 6.07) is 6.57. The summed E-state index contributed by atoms with van der Waals surface area (Å²) >= 11 is 0. The molecule has 0 bridgehead atoms. The number of hydrogen-bond donors (Lipinski definition) is 1. The van der Waals surface area contributed by atoms with Gasteiger partial charge in [-0.15, -0.1) is 0 Å². The van der Waals surface area contributed by atoms with Crippen molar-refractivity contribution in [3.05, 3.63) is 35.1 Å². The maximum atomic E-state index is 13.6. The van der Waals surface area contributed by atoms with Crippen LogP contribution in [0.2, 0.25) is 0 Å². The Bertz CT molecular complexity index is 453. The summed E-state index contributed by atoms with van der Waals surface area (Å²) < 4.78 is 13.6. The molecule has 1 saturated heterocycles. The number of nitriles is 1. The topological polar surface area (TPSA) is 39.1 Å². The predicted octanol–water partition coefficient (Wildman–Crippen LogP) is 1.74. The van der Waals surface area contributed by atoms with Gasteiger partial charge in [0.05, 0.1) is 11.6 Å². The van der Waals surface area contributed by atoms with Gasteiger partial charge in [-0.2, -0.15) is 5.26 Å². The molecule has 0 saturated carbocycles. The van der Waals surface area contributed by atoms with Crippen LogP contribution in [0.1, 0.15) is 17.5 Å². The fourth-order valence-corrected chi connectivity index (χ4v) is 2.36. The highest BCUT2D eigenvalue weighted by Gasteiger charge is 2.18. The molecule has 3 nitrogen and oxygen atoms in total. The Hall–Kier alpha value is -1.44. The summed E-state index contributed by atoms with van der Waals surface area (Å²) in [6.45, 7) is 3.71. The SMILES string of the molecule is CN1CCC(CNCc2ccc(C#N)cc2F)C1. The van der Waals surface area contributed by atoms with E-state index in [1.165, 1.54) is 12.5 Å². The summed E-state index contributed by atoms with van der Waals surface area (Å²) in [5, 5.41) is 12.0. The van der Waals surface area contributed by atoms with Crippen LogP contribution in [-0.2, 0) is 6.54 Å². The summed E-state index contributed by atoms with van der Waals surface area (Å²) in [6.07, 6.45) is 1.21. The molecule has 0 amide bonds. The zero-order chi connectivity index (χ0) is 13.0. The highest BCUT2D eigenvalue weighted by Crippen LogP contribution is 2.14. The van der Waals surface area contributed by atoms with Crippen molar-refractivity contribution >= 4 is 0 Å². The monoisotopic (exact) mass is 247 g/mol. The Balaban J connectivity index is 1.82. The first-order valence-corrected chi connectivity index (χ1v) is 6.27. The molecule has 1 aromatic rings. The van der Waals surface area contributed by atoms with E-state index in [9.17, 15) is 4.39 Å². The van der Waals surface area contributed by atoms with Crippen LogP contribution in [-0.4, -0.2) is 31.6 Å². The lowest BCUT2D eigenvalue weighted by Crippen LogP contribution is -2.25. The molecule has 4 heteroatoms. The second kappa shape index (κ2) is 5.94. The van der Waals surface area contributed by atoms with Gasteiger partial charge < -0.3 is 10.2 Å². The van der Waals surface area contributed by atoms with E-state index in [4.69, 9.17) is 5.26 Å². The number of hydrogen-bond acceptors (Lipinski definition) is 3. The first-order chi connectivity index (χ1) is 8.69. The van der Waals surface area contributed by atoms with Crippen LogP contribution in [0.3, 0.4) is 0 Å². The van der Waals surface area contributed by atoms with Gasteiger partial charge in [-0.3, -0.25) is 0 Å². The van der Waals surface area contributed by atoms with Crippen molar-refractivity contribution in [2.75, 3.05) is 26.7 Å². The van der Waals surface area contributed by atoms with Crippen molar-refractivity contribution in [3.63, 3.8) is 0 Å². The van der Waals surface area contributed by atoms with E-state index in [-0.39, 0.29) is 5.82 Å². The summed E-state index contributed by atoms with van der Waals surface area (Å²) in [4.78, 5) is 2.31. The van der Waals surface area contributed by atoms with Crippen molar-refractivity contribution in [2.45, 2.75) is 13.0 Å². The van der Waals surface area contributed by atoms with Crippen molar-refractivity contribution in [2.24, 2.45) is 5.92 Å². The average Bonchev–Trinajstić information content (AvgIpc) is 2.77. The first kappa shape index (κ1) is 13.0. The van der Waals surface area contributed by atoms with Crippen LogP contribution in [0.15, 0.2) is 18.2 Å². The zero-order valence-electron chi connectivity index (χ0n) is 10.6. The van der Waals surface area contributed by atoms with E-state index >= 15 is 0 Å². The molecule has 1 N–H and O–H groups in total. The van der Waals surface area contributed by atoms with E-state index in [1.54, 1.807) is 12.1 Å². The summed E-state index contributed by atoms with van der Waals surface area (Å²) in [5.74, 6) is 0.363. The minimum atomic E-state index is -0.301. The number of likely N-dealkylation sites (tertiary alicyclic amines) is 1. The maximum Gasteiger partial charge on any atom is 0.129 e. The minimum Gasteiger partial charge on any atom is -0.312 e. The second-order valence-corrected chi connectivity index (χ2v) is 4.97. The smallest absolute Gasteiger partial charge is 0.129 e. The van der Waals surface area contributed by atoms with Gasteiger partial charge in [0.25, 0.3) is 0 Å². The number of halogens is 1. The van der Waals surface area contributed by atoms with Gasteiger partial charge in [0.15, 0.2) is 0 Å². The predicted molar refractivity (Wildman–Crippen MR) is 68.4 cm³/mol. The molecule has 1 aliphatic rings. The normalized spacial score (nSPS) is 19.9. The number of rotatable bonds is 4. The Morgan fingerprint density at radius 1 is 1.56 bits per heavy atom. The lowest BCUT2D eigenvalue weighted by molar-refractivity contribution is 0.387. The van der Waals surface area contributed by atoms with Crippen molar-refractivity contribution < 1.29 is 4.39 Å². The van der Waals surface area contributed by atoms with Gasteiger partial charge in [0.2, 0.25) is 0 Å². The van der Waals surface area contributed by atoms with Crippen LogP contribution in [0.5, 0.6) is 0 Å². The largest absolute Gasteiger partial charge is 0.312 e. The Kier molecular flexibility index (Phi) is 4.29. The highest BCUT2D eigenvalue weighted by atomic mass is 19.1. The van der Waals surface area contributed by atoms with Gasteiger partial charge in [-0.05, 0) is 44.6 Å². The van der Waals surface area contributed by atoms with Gasteiger partial charge in [0, 0.05) is 18.7 Å². The van der Waals surface area contributed by atoms with E-state index < -0.39 is 0 Å².